The van der Waals surface area contributed by atoms with Crippen LogP contribution in [0.3, 0.4) is 0 Å². The minimum absolute atomic E-state index is 0.0661. The lowest BCUT2D eigenvalue weighted by atomic mass is 10.2. The summed E-state index contributed by atoms with van der Waals surface area (Å²) in [6.07, 6.45) is -4.31. The van der Waals surface area contributed by atoms with Crippen LogP contribution in [0.5, 0.6) is 0 Å². The van der Waals surface area contributed by atoms with Gasteiger partial charge in [-0.2, -0.15) is 22.0 Å². The number of ether oxygens (including phenoxy) is 1. The van der Waals surface area contributed by atoms with Crippen molar-refractivity contribution < 1.29 is 36.3 Å². The van der Waals surface area contributed by atoms with E-state index in [1.165, 1.54) is 23.3 Å². The van der Waals surface area contributed by atoms with Crippen molar-refractivity contribution in [3.63, 3.8) is 0 Å². The van der Waals surface area contributed by atoms with E-state index < -0.39 is 30.5 Å². The summed E-state index contributed by atoms with van der Waals surface area (Å²) in [6.45, 7) is -0.563. The molecule has 1 amide bonds. The SMILES string of the molecule is COC(=O)Cn1cc(CCCNC(=O)C(F)(F)C(F)(F)F)nn1. The molecule has 0 spiro atoms. The first-order valence-corrected chi connectivity index (χ1v) is 6.26. The number of methoxy groups -OCH3 is 1. The number of amides is 1. The topological polar surface area (TPSA) is 86.1 Å². The first kappa shape index (κ1) is 18.8. The van der Waals surface area contributed by atoms with Gasteiger partial charge in [0.1, 0.15) is 6.54 Å². The molecular weight excluding hydrogens is 331 g/mol. The van der Waals surface area contributed by atoms with Gasteiger partial charge >= 0.3 is 18.1 Å². The van der Waals surface area contributed by atoms with E-state index in [4.69, 9.17) is 0 Å². The van der Waals surface area contributed by atoms with Gasteiger partial charge in [0, 0.05) is 12.7 Å². The lowest BCUT2D eigenvalue weighted by Crippen LogP contribution is -2.50. The Morgan fingerprint density at radius 1 is 1.30 bits per heavy atom. The van der Waals surface area contributed by atoms with Crippen LogP contribution in [0.1, 0.15) is 12.1 Å². The Hall–Kier alpha value is -2.27. The third-order valence-corrected chi connectivity index (χ3v) is 2.64. The average molecular weight is 344 g/mol. The van der Waals surface area contributed by atoms with Crippen molar-refractivity contribution in [2.24, 2.45) is 0 Å². The van der Waals surface area contributed by atoms with Crippen LogP contribution < -0.4 is 5.32 Å². The number of carbonyl (C=O) groups excluding carboxylic acids is 2. The van der Waals surface area contributed by atoms with Crippen molar-refractivity contribution in [3.8, 4) is 0 Å². The minimum atomic E-state index is -5.94. The number of esters is 1. The largest absolute Gasteiger partial charge is 0.468 e. The molecule has 0 bridgehead atoms. The number of halogens is 5. The third-order valence-electron chi connectivity index (χ3n) is 2.64. The number of aromatic nitrogens is 3. The van der Waals surface area contributed by atoms with Gasteiger partial charge < -0.3 is 10.1 Å². The molecule has 7 nitrogen and oxygen atoms in total. The number of aryl methyl sites for hydroxylation is 1. The van der Waals surface area contributed by atoms with E-state index in [1.54, 1.807) is 0 Å². The van der Waals surface area contributed by atoms with Gasteiger partial charge in [0.2, 0.25) is 0 Å². The van der Waals surface area contributed by atoms with Gasteiger partial charge in [-0.3, -0.25) is 9.59 Å². The highest BCUT2D eigenvalue weighted by atomic mass is 19.4. The molecule has 0 aliphatic carbocycles. The number of hydrogen-bond acceptors (Lipinski definition) is 5. The summed E-state index contributed by atoms with van der Waals surface area (Å²) < 4.78 is 66.6. The molecule has 1 aromatic heterocycles. The molecular formula is C11H13F5N4O3. The van der Waals surface area contributed by atoms with Gasteiger partial charge in [-0.1, -0.05) is 5.21 Å². The summed E-state index contributed by atoms with van der Waals surface area (Å²) >= 11 is 0. The molecule has 1 aromatic rings. The third kappa shape index (κ3) is 5.14. The molecule has 0 radical (unpaired) electrons. The van der Waals surface area contributed by atoms with Crippen LogP contribution in [0.4, 0.5) is 22.0 Å². The van der Waals surface area contributed by atoms with Gasteiger partial charge in [-0.15, -0.1) is 5.10 Å². The van der Waals surface area contributed by atoms with E-state index in [0.29, 0.717) is 5.69 Å². The van der Waals surface area contributed by atoms with Gasteiger partial charge in [-0.05, 0) is 12.8 Å². The van der Waals surface area contributed by atoms with Gasteiger partial charge in [0.25, 0.3) is 5.91 Å². The molecule has 12 heteroatoms. The number of hydrogen-bond donors (Lipinski definition) is 1. The Morgan fingerprint density at radius 3 is 2.52 bits per heavy atom. The zero-order chi connectivity index (χ0) is 17.7. The first-order chi connectivity index (χ1) is 10.6. The van der Waals surface area contributed by atoms with Crippen molar-refractivity contribution in [1.82, 2.24) is 20.3 Å². The normalized spacial score (nSPS) is 12.1. The van der Waals surface area contributed by atoms with Crippen molar-refractivity contribution >= 4 is 11.9 Å². The van der Waals surface area contributed by atoms with Crippen LogP contribution in [0.15, 0.2) is 6.20 Å². The Kier molecular flexibility index (Phi) is 5.98. The lowest BCUT2D eigenvalue weighted by Gasteiger charge is -2.18. The fourth-order valence-electron chi connectivity index (χ4n) is 1.44. The second-order valence-corrected chi connectivity index (χ2v) is 4.42. The minimum Gasteiger partial charge on any atom is -0.468 e. The van der Waals surface area contributed by atoms with Gasteiger partial charge in [0.05, 0.1) is 12.8 Å². The molecule has 0 atom stereocenters. The predicted octanol–water partition coefficient (Wildman–Crippen LogP) is 0.698. The second kappa shape index (κ2) is 7.33. The van der Waals surface area contributed by atoms with Crippen LogP contribution in [0.2, 0.25) is 0 Å². The van der Waals surface area contributed by atoms with Crippen molar-refractivity contribution in [2.45, 2.75) is 31.5 Å². The summed E-state index contributed by atoms with van der Waals surface area (Å²) in [5, 5.41) is 8.78. The lowest BCUT2D eigenvalue weighted by molar-refractivity contribution is -0.269. The Bertz CT molecular complexity index is 558. The molecule has 0 saturated heterocycles. The van der Waals surface area contributed by atoms with Crippen LogP contribution in [-0.4, -0.2) is 52.6 Å². The van der Waals surface area contributed by atoms with E-state index in [0.717, 1.165) is 0 Å². The fraction of sp³-hybridized carbons (Fsp3) is 0.636. The zero-order valence-corrected chi connectivity index (χ0v) is 11.9. The number of nitrogens with zero attached hydrogens (tertiary/aromatic N) is 3. The van der Waals surface area contributed by atoms with E-state index in [2.05, 4.69) is 15.0 Å². The predicted molar refractivity (Wildman–Crippen MR) is 64.4 cm³/mol. The standard InChI is InChI=1S/C11H13F5N4O3/c1-23-8(21)6-20-5-7(18-19-20)3-2-4-17-9(22)10(12,13)11(14,15)16/h5H,2-4,6H2,1H3,(H,17,22). The molecule has 0 saturated carbocycles. The molecule has 23 heavy (non-hydrogen) atoms. The van der Waals surface area contributed by atoms with Crippen LogP contribution in [0, 0.1) is 0 Å². The highest BCUT2D eigenvalue weighted by molar-refractivity contribution is 5.84. The van der Waals surface area contributed by atoms with Gasteiger partial charge in [0.15, 0.2) is 0 Å². The number of rotatable bonds is 7. The van der Waals surface area contributed by atoms with Crippen LogP contribution in [-0.2, 0) is 27.3 Å². The van der Waals surface area contributed by atoms with Crippen molar-refractivity contribution in [3.05, 3.63) is 11.9 Å². The quantitative estimate of drug-likeness (QED) is 0.447. The van der Waals surface area contributed by atoms with E-state index >= 15 is 0 Å². The molecule has 0 aromatic carbocycles. The maximum Gasteiger partial charge on any atom is 0.463 e. The summed E-state index contributed by atoms with van der Waals surface area (Å²) in [4.78, 5) is 21.8. The average Bonchev–Trinajstić information content (AvgIpc) is 2.89. The first-order valence-electron chi connectivity index (χ1n) is 6.26. The maximum absolute atomic E-state index is 12.6. The summed E-state index contributed by atoms with van der Waals surface area (Å²) in [7, 11) is 1.19. The number of alkyl halides is 5. The Morgan fingerprint density at radius 2 is 1.96 bits per heavy atom. The van der Waals surface area contributed by atoms with Crippen LogP contribution >= 0.6 is 0 Å². The number of nitrogens with one attached hydrogen (secondary N) is 1. The Labute approximate surface area is 126 Å². The summed E-state index contributed by atoms with van der Waals surface area (Å²) in [5.41, 5.74) is 0.380. The highest BCUT2D eigenvalue weighted by Crippen LogP contribution is 2.35. The molecule has 0 fully saturated rings. The molecule has 1 N–H and O–H groups in total. The molecule has 130 valence electrons. The van der Waals surface area contributed by atoms with Crippen LogP contribution in [0.25, 0.3) is 0 Å². The smallest absolute Gasteiger partial charge is 0.463 e. The summed E-state index contributed by atoms with van der Waals surface area (Å²) in [5.74, 6) is -8.39. The number of carbonyl (C=O) groups is 2. The fourth-order valence-corrected chi connectivity index (χ4v) is 1.44. The zero-order valence-electron chi connectivity index (χ0n) is 11.9. The monoisotopic (exact) mass is 344 g/mol. The molecule has 1 heterocycles. The molecule has 1 rings (SSSR count). The van der Waals surface area contributed by atoms with Gasteiger partial charge in [-0.25, -0.2) is 4.68 Å². The summed E-state index contributed by atoms with van der Waals surface area (Å²) in [6, 6.07) is 0. The molecule has 0 aliphatic heterocycles. The maximum atomic E-state index is 12.6. The van der Waals surface area contributed by atoms with Crippen molar-refractivity contribution in [2.75, 3.05) is 13.7 Å². The Balaban J connectivity index is 2.38. The molecule has 0 aliphatic rings. The van der Waals surface area contributed by atoms with E-state index in [9.17, 15) is 31.5 Å². The van der Waals surface area contributed by atoms with Crippen molar-refractivity contribution in [1.29, 1.82) is 0 Å². The highest BCUT2D eigenvalue weighted by Gasteiger charge is 2.63. The van der Waals surface area contributed by atoms with E-state index in [-0.39, 0.29) is 19.4 Å². The molecule has 0 unspecified atom stereocenters. The second-order valence-electron chi connectivity index (χ2n) is 4.42. The van der Waals surface area contributed by atoms with E-state index in [1.807, 2.05) is 0 Å².